The van der Waals surface area contributed by atoms with E-state index in [0.29, 0.717) is 84.7 Å². The molecule has 0 amide bonds. The summed E-state index contributed by atoms with van der Waals surface area (Å²) in [7, 11) is 7.78. The van der Waals surface area contributed by atoms with E-state index in [9.17, 15) is 76.7 Å². The van der Waals surface area contributed by atoms with Gasteiger partial charge in [0.15, 0.2) is 0 Å². The van der Waals surface area contributed by atoms with Crippen molar-refractivity contribution in [1.82, 2.24) is 0 Å². The molecular formula is C108H130Cl2N4O26. The summed E-state index contributed by atoms with van der Waals surface area (Å²) < 4.78 is 47.6. The number of fused-ring (bicyclic) bond motifs is 4. The molecule has 0 saturated heterocycles. The minimum Gasteiger partial charge on any atom is -0.466 e. The van der Waals surface area contributed by atoms with Crippen molar-refractivity contribution in [3.05, 3.63) is 273 Å². The Morgan fingerprint density at radius 3 is 1.01 bits per heavy atom. The number of rotatable bonds is 34. The van der Waals surface area contributed by atoms with E-state index < -0.39 is 75.0 Å². The van der Waals surface area contributed by atoms with E-state index in [4.69, 9.17) is 46.9 Å². The molecule has 0 radical (unpaired) electrons. The van der Waals surface area contributed by atoms with Crippen LogP contribution in [-0.4, -0.2) is 188 Å². The van der Waals surface area contributed by atoms with Crippen molar-refractivity contribution in [3.63, 3.8) is 0 Å². The molecule has 4 heterocycles. The highest BCUT2D eigenvalue weighted by Crippen LogP contribution is 2.35. The van der Waals surface area contributed by atoms with Gasteiger partial charge in [0.2, 0.25) is 11.2 Å². The van der Waals surface area contributed by atoms with Crippen molar-refractivity contribution in [2.24, 2.45) is 11.8 Å². The number of halogens is 2. The number of nitrogens with zero attached hydrogens (tertiary/aromatic N) is 2. The number of hydrogen-bond donors (Lipinski definition) is 2. The quantitative estimate of drug-likeness (QED) is 0.00944. The molecule has 8 aromatic carbocycles. The van der Waals surface area contributed by atoms with Gasteiger partial charge in [-0.05, 0) is 219 Å². The zero-order chi connectivity index (χ0) is 102. The maximum Gasteiger partial charge on any atom is 0.392 e. The third-order valence-electron chi connectivity index (χ3n) is 21.6. The third kappa shape index (κ3) is 39.3. The average molecular weight is 1970 g/mol. The minimum absolute atomic E-state index is 0. The summed E-state index contributed by atoms with van der Waals surface area (Å²) >= 11 is 9.76. The number of aldehydes is 2. The first-order valence-electron chi connectivity index (χ1n) is 44.9. The SMILES string of the molecule is C.C.CCCCC(CC)COC(=O)C(=O)/C(=C/N1CCc2cc(C(=O)OC)ccc21)c1ccccc1.CCCCC(CC)COC(=O)C(=O)Cl.COC(=O)C(C)(C)OC(=O)C(=O)Cl.COC(=O)c1ccc2c(c1)CCN2.COC(=O)c1ccc2c(c1)CCN2.COC(=O)c1ccc2c(c1)CCN2/C=C(/C(=O)C(=O)OC(C)(C)C(=O)OC)c1ccccc1.O=CCc1ccccc1.O=CCc1ccccc1. The van der Waals surface area contributed by atoms with Gasteiger partial charge in [0, 0.05) is 74.2 Å². The second kappa shape index (κ2) is 63.3. The van der Waals surface area contributed by atoms with E-state index in [0.717, 1.165) is 142 Å². The number of hydrogen-bond acceptors (Lipinski definition) is 30. The number of carbonyl (C=O) groups is 16. The van der Waals surface area contributed by atoms with E-state index in [1.165, 1.54) is 74.4 Å². The molecule has 12 rings (SSSR count). The predicted octanol–water partition coefficient (Wildman–Crippen LogP) is 17.9. The van der Waals surface area contributed by atoms with E-state index in [2.05, 4.69) is 55.1 Å². The van der Waals surface area contributed by atoms with Crippen molar-refractivity contribution in [3.8, 4) is 0 Å². The first-order valence-corrected chi connectivity index (χ1v) is 45.6. The molecule has 2 N–H and O–H groups in total. The summed E-state index contributed by atoms with van der Waals surface area (Å²) in [5, 5.41) is 4.14. The number of methoxy groups -OCH3 is 6. The fourth-order valence-corrected chi connectivity index (χ4v) is 14.0. The van der Waals surface area contributed by atoms with Gasteiger partial charge in [-0.1, -0.05) is 202 Å². The van der Waals surface area contributed by atoms with Crippen LogP contribution in [0.15, 0.2) is 207 Å². The molecule has 0 aromatic heterocycles. The number of esters is 10. The molecule has 0 fully saturated rings. The first kappa shape index (κ1) is 120. The van der Waals surface area contributed by atoms with Crippen LogP contribution in [0, 0.1) is 11.8 Å². The first-order chi connectivity index (χ1) is 66.1. The van der Waals surface area contributed by atoms with E-state index in [-0.39, 0.29) is 56.4 Å². The minimum atomic E-state index is -1.62. The second-order valence-corrected chi connectivity index (χ2v) is 32.9. The molecule has 4 aliphatic heterocycles. The number of nitrogens with one attached hydrogen (secondary N) is 2. The molecule has 4 aliphatic rings. The highest BCUT2D eigenvalue weighted by molar-refractivity contribution is 6.80. The largest absolute Gasteiger partial charge is 0.466 e. The van der Waals surface area contributed by atoms with Crippen molar-refractivity contribution in [2.45, 2.75) is 171 Å². The molecule has 30 nitrogen and oxygen atoms in total. The molecular weight excluding hydrogens is 1840 g/mol. The number of benzene rings is 8. The van der Waals surface area contributed by atoms with Gasteiger partial charge in [0.1, 0.15) is 12.6 Å². The Balaban J connectivity index is 0.000000434. The summed E-state index contributed by atoms with van der Waals surface area (Å²) in [5.41, 5.74) is 11.1. The molecule has 2 atom stereocenters. The fourth-order valence-electron chi connectivity index (χ4n) is 13.9. The van der Waals surface area contributed by atoms with Gasteiger partial charge in [-0.2, -0.15) is 0 Å². The molecule has 0 saturated carbocycles. The topological polar surface area (TPSA) is 396 Å². The van der Waals surface area contributed by atoms with E-state index in [1.807, 2.05) is 144 Å². The Labute approximate surface area is 829 Å². The van der Waals surface area contributed by atoms with Crippen LogP contribution >= 0.6 is 23.2 Å². The molecule has 0 spiro atoms. The Kier molecular flexibility index (Phi) is 54.2. The summed E-state index contributed by atoms with van der Waals surface area (Å²) in [6.07, 6.45) is 17.8. The van der Waals surface area contributed by atoms with Gasteiger partial charge in [-0.15, -0.1) is 0 Å². The van der Waals surface area contributed by atoms with Crippen LogP contribution in [0.4, 0.5) is 22.7 Å². The second-order valence-electron chi connectivity index (χ2n) is 32.2. The lowest BCUT2D eigenvalue weighted by molar-refractivity contribution is -0.177. The van der Waals surface area contributed by atoms with Gasteiger partial charge in [-0.25, -0.2) is 47.9 Å². The third-order valence-corrected chi connectivity index (χ3v) is 21.9. The highest BCUT2D eigenvalue weighted by Gasteiger charge is 2.38. The number of Topliss-reactive ketones (excluding diaryl/α,β-unsaturated/α-hetero) is 2. The highest BCUT2D eigenvalue weighted by atomic mass is 35.5. The molecule has 8 aromatic rings. The molecule has 2 unspecified atom stereocenters. The van der Waals surface area contributed by atoms with Crippen molar-refractivity contribution >= 4 is 151 Å². The predicted molar refractivity (Wildman–Crippen MR) is 537 cm³/mol. The standard InChI is InChI=1S/C28H33NO5.C25H25NO7.C10H17ClO3.2C10H11NO2.2C8H8O.C7H9ClO5.2CH4/c1-4-6-10-20(5-2)19-34-28(32)26(30)24(21-11-8-7-9-12-21)18-29-16-15-22-17-23(27(31)33-3)13-14-25(22)29;1-25(2,24(30)32-4)33-23(29)21(27)19(16-8-6-5-7-9-16)15-26-13-12-17-14-18(22(28)31-3)10-11-20(17)26;1-3-5-6-8(4-2)7-14-10(13)9(11)12;2*1-13-10(12)8-2-3-9-7(6-8)4-5-11-9;2*9-7-6-8-4-2-1-3-5-8;1-7(2,6(11)12-3)13-5(10)4(8)9;;/h7-9,11-14,17-18,20H,4-6,10,15-16,19H2,1-3H3;5-11,14-15H,12-13H2,1-4H3;8H,3-7H2,1-2H3;2*2-3,6,11H,4-5H2,1H3;2*1-5,7H,6H2;1-3H3;2*1H4/b24-18+;19-15+;;;;;;;;. The summed E-state index contributed by atoms with van der Waals surface area (Å²) in [6, 6.07) is 58.9. The summed E-state index contributed by atoms with van der Waals surface area (Å²) in [6.45, 7) is 17.3. The van der Waals surface area contributed by atoms with Crippen LogP contribution in [0.25, 0.3) is 11.1 Å². The molecule has 752 valence electrons. The van der Waals surface area contributed by atoms with Crippen LogP contribution in [0.2, 0.25) is 0 Å². The molecule has 0 aliphatic carbocycles. The van der Waals surface area contributed by atoms with E-state index >= 15 is 0 Å². The number of anilines is 4. The van der Waals surface area contributed by atoms with Gasteiger partial charge in [-0.3, -0.25) is 19.2 Å². The lowest BCUT2D eigenvalue weighted by atomic mass is 10.0. The van der Waals surface area contributed by atoms with Crippen LogP contribution in [0.1, 0.15) is 208 Å². The van der Waals surface area contributed by atoms with Gasteiger partial charge in [0.05, 0.1) is 89.3 Å². The maximum atomic E-state index is 13.2. The van der Waals surface area contributed by atoms with Gasteiger partial charge in [0.25, 0.3) is 11.6 Å². The number of carbonyl (C=O) groups excluding carboxylic acids is 16. The monoisotopic (exact) mass is 1970 g/mol. The van der Waals surface area contributed by atoms with Crippen molar-refractivity contribution in [2.75, 3.05) is 102 Å². The Bertz CT molecular complexity index is 5400. The van der Waals surface area contributed by atoms with E-state index in [1.54, 1.807) is 79.1 Å². The van der Waals surface area contributed by atoms with Gasteiger partial charge >= 0.3 is 70.2 Å². The Hall–Kier alpha value is -14.3. The average Bonchev–Trinajstić information content (AvgIpc) is 1.65. The molecule has 32 heteroatoms. The zero-order valence-electron chi connectivity index (χ0n) is 80.3. The number of ketones is 2. The summed E-state index contributed by atoms with van der Waals surface area (Å²) in [4.78, 5) is 186. The van der Waals surface area contributed by atoms with Crippen molar-refractivity contribution in [1.29, 1.82) is 0 Å². The normalized spacial score (nSPS) is 12.3. The lowest BCUT2D eigenvalue weighted by Crippen LogP contribution is -2.40. The summed E-state index contributed by atoms with van der Waals surface area (Å²) in [5.74, 6) is -8.05. The smallest absolute Gasteiger partial charge is 0.392 e. The molecule has 0 bridgehead atoms. The number of ether oxygens (including phenoxy) is 10. The fraction of sp³-hybridized carbons (Fsp3) is 0.370. The van der Waals surface area contributed by atoms with Crippen LogP contribution in [0.3, 0.4) is 0 Å². The Morgan fingerprint density at radius 2 is 0.693 bits per heavy atom. The number of unbranched alkanes of at least 4 members (excludes halogenated alkanes) is 2. The Morgan fingerprint density at radius 1 is 0.379 bits per heavy atom. The maximum absolute atomic E-state index is 13.2. The lowest BCUT2D eigenvalue weighted by Gasteiger charge is -2.22. The van der Waals surface area contributed by atoms with Crippen LogP contribution in [-0.2, 0) is 143 Å². The van der Waals surface area contributed by atoms with Crippen LogP contribution in [0.5, 0.6) is 0 Å². The zero-order valence-corrected chi connectivity index (χ0v) is 81.9. The molecule has 140 heavy (non-hydrogen) atoms. The van der Waals surface area contributed by atoms with Crippen LogP contribution < -0.4 is 20.4 Å². The van der Waals surface area contributed by atoms with Gasteiger partial charge < -0.3 is 77.4 Å². The van der Waals surface area contributed by atoms with Crippen molar-refractivity contribution < 1.29 is 124 Å².